The Morgan fingerprint density at radius 2 is 1.24 bits per heavy atom. The van der Waals surface area contributed by atoms with Gasteiger partial charge in [0.25, 0.3) is 0 Å². The van der Waals surface area contributed by atoms with E-state index in [-0.39, 0.29) is 24.6 Å². The molecule has 2 aromatic heterocycles. The van der Waals surface area contributed by atoms with Crippen molar-refractivity contribution in [3.05, 3.63) is 118 Å². The second-order valence-electron chi connectivity index (χ2n) is 12.6. The SMILES string of the molecule is COC(=O)c1ccc(CBr)nc1.COC(=O)c1ccc(CN(C(=O)N2CCCCC2)c2cccc(Cl)c2)nc1.O=C(Nc1cccc(Cl)c1)N1CCCCC1. The lowest BCUT2D eigenvalue weighted by Crippen LogP contribution is -2.45. The Balaban J connectivity index is 0.000000203. The molecule has 4 amide bonds. The maximum absolute atomic E-state index is 13.1. The van der Waals surface area contributed by atoms with Gasteiger partial charge in [0.1, 0.15) is 0 Å². The molecule has 4 heterocycles. The van der Waals surface area contributed by atoms with Gasteiger partial charge in [-0.15, -0.1) is 0 Å². The van der Waals surface area contributed by atoms with Crippen LogP contribution in [0.4, 0.5) is 21.0 Å². The van der Waals surface area contributed by atoms with Gasteiger partial charge in [0.15, 0.2) is 0 Å². The van der Waals surface area contributed by atoms with Gasteiger partial charge in [0.2, 0.25) is 0 Å². The number of hydrogen-bond acceptors (Lipinski definition) is 8. The summed E-state index contributed by atoms with van der Waals surface area (Å²) in [6, 6.07) is 21.2. The van der Waals surface area contributed by atoms with E-state index in [0.29, 0.717) is 32.2 Å². The summed E-state index contributed by atoms with van der Waals surface area (Å²) in [5.41, 5.74) is 3.88. The fraction of sp³-hybridized carbons (Fsp3) is 0.350. The minimum atomic E-state index is -0.440. The quantitative estimate of drug-likeness (QED) is 0.144. The van der Waals surface area contributed by atoms with Crippen molar-refractivity contribution >= 4 is 74.5 Å². The highest BCUT2D eigenvalue weighted by molar-refractivity contribution is 9.08. The van der Waals surface area contributed by atoms with E-state index in [2.05, 4.69) is 36.0 Å². The van der Waals surface area contributed by atoms with Crippen molar-refractivity contribution in [1.82, 2.24) is 19.8 Å². The highest BCUT2D eigenvalue weighted by atomic mass is 79.9. The summed E-state index contributed by atoms with van der Waals surface area (Å²) in [6.45, 7) is 3.51. The highest BCUT2D eigenvalue weighted by Gasteiger charge is 2.25. The number of nitrogens with zero attached hydrogens (tertiary/aromatic N) is 5. The van der Waals surface area contributed by atoms with Crippen molar-refractivity contribution < 1.29 is 28.7 Å². The number of rotatable bonds is 7. The number of urea groups is 2. The molecular weight excluding hydrogens is 811 g/mol. The van der Waals surface area contributed by atoms with Gasteiger partial charge in [0, 0.05) is 65.3 Å². The number of halogens is 3. The van der Waals surface area contributed by atoms with E-state index < -0.39 is 5.97 Å². The van der Waals surface area contributed by atoms with E-state index in [1.54, 1.807) is 53.4 Å². The van der Waals surface area contributed by atoms with Gasteiger partial charge in [0.05, 0.1) is 43.3 Å². The molecule has 15 heteroatoms. The van der Waals surface area contributed by atoms with Crippen molar-refractivity contribution in [2.24, 2.45) is 0 Å². The summed E-state index contributed by atoms with van der Waals surface area (Å²) in [6.07, 6.45) is 9.57. The normalized spacial score (nSPS) is 13.5. The van der Waals surface area contributed by atoms with Gasteiger partial charge < -0.3 is 24.6 Å². The van der Waals surface area contributed by atoms with Gasteiger partial charge in [-0.3, -0.25) is 14.9 Å². The van der Waals surface area contributed by atoms with Gasteiger partial charge >= 0.3 is 24.0 Å². The van der Waals surface area contributed by atoms with Gasteiger partial charge in [-0.2, -0.15) is 0 Å². The molecule has 0 aliphatic carbocycles. The van der Waals surface area contributed by atoms with E-state index in [0.717, 1.165) is 75.4 Å². The lowest BCUT2D eigenvalue weighted by atomic mass is 10.1. The minimum absolute atomic E-state index is 0.0260. The number of esters is 2. The molecule has 12 nitrogen and oxygen atoms in total. The third-order valence-electron chi connectivity index (χ3n) is 8.65. The van der Waals surface area contributed by atoms with Crippen LogP contribution < -0.4 is 10.2 Å². The summed E-state index contributed by atoms with van der Waals surface area (Å²) in [5.74, 6) is -0.797. The van der Waals surface area contributed by atoms with Crippen LogP contribution >= 0.6 is 39.1 Å². The van der Waals surface area contributed by atoms with E-state index >= 15 is 0 Å². The number of hydrogen-bond donors (Lipinski definition) is 1. The van der Waals surface area contributed by atoms with Gasteiger partial charge in [-0.05, 0) is 99.2 Å². The maximum Gasteiger partial charge on any atom is 0.339 e. The van der Waals surface area contributed by atoms with Crippen molar-refractivity contribution in [3.63, 3.8) is 0 Å². The van der Waals surface area contributed by atoms with Crippen LogP contribution in [0.3, 0.4) is 0 Å². The third-order valence-corrected chi connectivity index (χ3v) is 9.69. The van der Waals surface area contributed by atoms with Crippen LogP contribution in [0.1, 0.15) is 70.6 Å². The average Bonchev–Trinajstić information content (AvgIpc) is 3.23. The first kappa shape index (κ1) is 43.0. The zero-order valence-electron chi connectivity index (χ0n) is 30.9. The second kappa shape index (κ2) is 22.6. The number of carbonyl (C=O) groups is 4. The number of likely N-dealkylation sites (tertiary alicyclic amines) is 2. The van der Waals surface area contributed by atoms with Crippen LogP contribution in [0, 0.1) is 0 Å². The monoisotopic (exact) mass is 854 g/mol. The summed E-state index contributed by atoms with van der Waals surface area (Å²) in [4.78, 5) is 61.2. The third kappa shape index (κ3) is 13.8. The predicted molar refractivity (Wildman–Crippen MR) is 218 cm³/mol. The van der Waals surface area contributed by atoms with E-state index in [1.807, 2.05) is 34.1 Å². The lowest BCUT2D eigenvalue weighted by Gasteiger charge is -2.33. The molecular formula is C40H45BrCl2N6O6. The lowest BCUT2D eigenvalue weighted by molar-refractivity contribution is 0.0591. The molecule has 2 aliphatic rings. The van der Waals surface area contributed by atoms with Gasteiger partial charge in [-0.25, -0.2) is 19.2 Å². The second-order valence-corrected chi connectivity index (χ2v) is 14.0. The fourth-order valence-electron chi connectivity index (χ4n) is 5.70. The number of amides is 4. The Labute approximate surface area is 340 Å². The van der Waals surface area contributed by atoms with Crippen molar-refractivity contribution in [2.75, 3.05) is 50.6 Å². The van der Waals surface area contributed by atoms with Crippen molar-refractivity contribution in [1.29, 1.82) is 0 Å². The molecule has 0 spiro atoms. The summed E-state index contributed by atoms with van der Waals surface area (Å²) in [7, 11) is 2.68. The molecule has 2 aromatic carbocycles. The number of nitrogens with one attached hydrogen (secondary N) is 1. The Morgan fingerprint density at radius 3 is 1.73 bits per heavy atom. The number of alkyl halides is 1. The number of benzene rings is 2. The zero-order valence-corrected chi connectivity index (χ0v) is 34.0. The average molecular weight is 857 g/mol. The first-order valence-electron chi connectivity index (χ1n) is 17.9. The van der Waals surface area contributed by atoms with Crippen LogP contribution in [0.2, 0.25) is 10.0 Å². The molecule has 4 aromatic rings. The zero-order chi connectivity index (χ0) is 39.6. The molecule has 0 atom stereocenters. The molecule has 0 unspecified atom stereocenters. The van der Waals surface area contributed by atoms with E-state index in [1.165, 1.54) is 33.0 Å². The fourth-order valence-corrected chi connectivity index (χ4v) is 6.40. The molecule has 2 aliphatic heterocycles. The Kier molecular flexibility index (Phi) is 17.7. The number of ether oxygens (including phenoxy) is 2. The Hall–Kier alpha value is -4.72. The number of piperidine rings is 2. The van der Waals surface area contributed by atoms with E-state index in [4.69, 9.17) is 27.9 Å². The molecule has 0 radical (unpaired) electrons. The number of aromatic nitrogens is 2. The number of pyridine rings is 2. The van der Waals surface area contributed by atoms with Crippen LogP contribution in [0.5, 0.6) is 0 Å². The number of anilines is 2. The molecule has 55 heavy (non-hydrogen) atoms. The van der Waals surface area contributed by atoms with Crippen LogP contribution in [0.15, 0.2) is 85.2 Å². The van der Waals surface area contributed by atoms with Crippen LogP contribution in [0.25, 0.3) is 0 Å². The Morgan fingerprint density at radius 1 is 0.709 bits per heavy atom. The van der Waals surface area contributed by atoms with Crippen LogP contribution in [-0.2, 0) is 21.3 Å². The van der Waals surface area contributed by atoms with Crippen LogP contribution in [-0.4, -0.2) is 84.2 Å². The first-order valence-corrected chi connectivity index (χ1v) is 19.8. The minimum Gasteiger partial charge on any atom is -0.465 e. The van der Waals surface area contributed by atoms with Gasteiger partial charge in [-0.1, -0.05) is 51.3 Å². The highest BCUT2D eigenvalue weighted by Crippen LogP contribution is 2.24. The molecule has 2 fully saturated rings. The first-order chi connectivity index (χ1) is 26.6. The molecule has 292 valence electrons. The molecule has 0 bridgehead atoms. The molecule has 0 saturated carbocycles. The van der Waals surface area contributed by atoms with Crippen molar-refractivity contribution in [2.45, 2.75) is 50.4 Å². The Bertz CT molecular complexity index is 1860. The maximum atomic E-state index is 13.1. The topological polar surface area (TPSA) is 134 Å². The molecule has 1 N–H and O–H groups in total. The number of methoxy groups -OCH3 is 2. The summed E-state index contributed by atoms with van der Waals surface area (Å²) in [5, 5.41) is 4.75. The molecule has 2 saturated heterocycles. The number of carbonyl (C=O) groups excluding carboxylic acids is 4. The van der Waals surface area contributed by atoms with E-state index in [9.17, 15) is 19.2 Å². The molecule has 6 rings (SSSR count). The standard InChI is InChI=1S/C20H22ClN3O3.C12H15ClN2O.C8H8BrNO2/c1-27-19(25)15-8-9-17(22-13-15)14-24(18-7-5-6-16(21)12-18)20(26)23-10-3-2-4-11-23;13-10-5-4-6-11(9-10)14-12(16)15-7-2-1-3-8-15;1-12-8(11)6-2-3-7(4-9)10-5-6/h5-9,12-13H,2-4,10-11,14H2,1H3;4-6,9H,1-3,7-8H2,(H,14,16);2-3,5H,4H2,1H3. The summed E-state index contributed by atoms with van der Waals surface area (Å²) < 4.78 is 9.21. The van der Waals surface area contributed by atoms with Crippen molar-refractivity contribution in [3.8, 4) is 0 Å². The predicted octanol–water partition coefficient (Wildman–Crippen LogP) is 9.26. The summed E-state index contributed by atoms with van der Waals surface area (Å²) >= 11 is 15.2. The smallest absolute Gasteiger partial charge is 0.339 e. The largest absolute Gasteiger partial charge is 0.465 e.